The highest BCUT2D eigenvalue weighted by Gasteiger charge is 2.20. The third-order valence-corrected chi connectivity index (χ3v) is 2.92. The van der Waals surface area contributed by atoms with Crippen LogP contribution in [0.4, 0.5) is 0 Å². The van der Waals surface area contributed by atoms with E-state index in [1.165, 1.54) is 10.9 Å². The van der Waals surface area contributed by atoms with Crippen LogP contribution in [0.2, 0.25) is 0 Å². The standard InChI is InChI=1S/C14H18N2O/c1-14(2,3)11-8-16(9-13(15)17)12-7-5-4-6-10(11)12/h4-8H,9H2,1-3H3,(H2,15,17). The largest absolute Gasteiger partial charge is 0.368 e. The second-order valence-corrected chi connectivity index (χ2v) is 5.40. The van der Waals surface area contributed by atoms with Crippen molar-refractivity contribution in [2.75, 3.05) is 0 Å². The Morgan fingerprint density at radius 1 is 1.29 bits per heavy atom. The second-order valence-electron chi connectivity index (χ2n) is 5.40. The van der Waals surface area contributed by atoms with Crippen LogP contribution in [0.15, 0.2) is 30.5 Å². The van der Waals surface area contributed by atoms with Crippen molar-refractivity contribution in [1.29, 1.82) is 0 Å². The summed E-state index contributed by atoms with van der Waals surface area (Å²) in [4.78, 5) is 11.1. The zero-order valence-electron chi connectivity index (χ0n) is 10.5. The Morgan fingerprint density at radius 2 is 1.94 bits per heavy atom. The quantitative estimate of drug-likeness (QED) is 0.846. The van der Waals surface area contributed by atoms with Crippen LogP contribution >= 0.6 is 0 Å². The molecule has 0 bridgehead atoms. The van der Waals surface area contributed by atoms with E-state index in [0.717, 1.165) is 5.52 Å². The van der Waals surface area contributed by atoms with Gasteiger partial charge in [-0.25, -0.2) is 0 Å². The van der Waals surface area contributed by atoms with Crippen molar-refractivity contribution in [2.45, 2.75) is 32.7 Å². The zero-order valence-corrected chi connectivity index (χ0v) is 10.5. The van der Waals surface area contributed by atoms with Crippen molar-refractivity contribution in [2.24, 2.45) is 5.73 Å². The number of aromatic nitrogens is 1. The Labute approximate surface area is 101 Å². The van der Waals surface area contributed by atoms with Crippen molar-refractivity contribution in [3.05, 3.63) is 36.0 Å². The molecule has 0 saturated heterocycles. The molecule has 0 radical (unpaired) electrons. The average molecular weight is 230 g/mol. The van der Waals surface area contributed by atoms with Gasteiger partial charge in [0.25, 0.3) is 0 Å². The van der Waals surface area contributed by atoms with Gasteiger partial charge in [0.2, 0.25) is 5.91 Å². The first kappa shape index (κ1) is 11.7. The van der Waals surface area contributed by atoms with Crippen LogP contribution in [0.1, 0.15) is 26.3 Å². The number of nitrogens with zero attached hydrogens (tertiary/aromatic N) is 1. The van der Waals surface area contributed by atoms with Gasteiger partial charge in [0.15, 0.2) is 0 Å². The Balaban J connectivity index is 2.67. The summed E-state index contributed by atoms with van der Waals surface area (Å²) < 4.78 is 1.93. The van der Waals surface area contributed by atoms with E-state index in [-0.39, 0.29) is 17.9 Å². The summed E-state index contributed by atoms with van der Waals surface area (Å²) in [5, 5.41) is 1.20. The molecule has 0 aliphatic carbocycles. The molecule has 2 rings (SSSR count). The normalized spacial score (nSPS) is 11.9. The Bertz CT molecular complexity index is 561. The van der Waals surface area contributed by atoms with E-state index in [9.17, 15) is 4.79 Å². The molecular weight excluding hydrogens is 212 g/mol. The second kappa shape index (κ2) is 3.91. The van der Waals surface area contributed by atoms with Crippen molar-refractivity contribution in [1.82, 2.24) is 4.57 Å². The van der Waals surface area contributed by atoms with Gasteiger partial charge in [-0.3, -0.25) is 4.79 Å². The van der Waals surface area contributed by atoms with E-state index in [1.807, 2.05) is 29.0 Å². The Hall–Kier alpha value is -1.77. The molecule has 2 N–H and O–H groups in total. The molecule has 17 heavy (non-hydrogen) atoms. The molecule has 1 heterocycles. The first-order valence-electron chi connectivity index (χ1n) is 5.76. The van der Waals surface area contributed by atoms with Crippen molar-refractivity contribution in [3.8, 4) is 0 Å². The lowest BCUT2D eigenvalue weighted by Crippen LogP contribution is -2.18. The molecule has 3 heteroatoms. The van der Waals surface area contributed by atoms with Crippen LogP contribution in [0, 0.1) is 0 Å². The number of amides is 1. The Morgan fingerprint density at radius 3 is 2.53 bits per heavy atom. The monoisotopic (exact) mass is 230 g/mol. The summed E-state index contributed by atoms with van der Waals surface area (Å²) in [6.45, 7) is 6.74. The van der Waals surface area contributed by atoms with Gasteiger partial charge in [0.05, 0.1) is 0 Å². The fraction of sp³-hybridized carbons (Fsp3) is 0.357. The maximum absolute atomic E-state index is 11.1. The number of para-hydroxylation sites is 1. The van der Waals surface area contributed by atoms with Gasteiger partial charge in [-0.2, -0.15) is 0 Å². The van der Waals surface area contributed by atoms with Crippen LogP contribution in [-0.2, 0) is 16.8 Å². The first-order chi connectivity index (χ1) is 7.89. The lowest BCUT2D eigenvalue weighted by molar-refractivity contribution is -0.118. The van der Waals surface area contributed by atoms with Gasteiger partial charge in [-0.15, -0.1) is 0 Å². The summed E-state index contributed by atoms with van der Waals surface area (Å²) in [6.07, 6.45) is 2.04. The highest BCUT2D eigenvalue weighted by Crippen LogP contribution is 2.31. The van der Waals surface area contributed by atoms with Crippen LogP contribution in [0.5, 0.6) is 0 Å². The molecule has 0 saturated carbocycles. The third-order valence-electron chi connectivity index (χ3n) is 2.92. The number of fused-ring (bicyclic) bond motifs is 1. The Kier molecular flexibility index (Phi) is 2.69. The van der Waals surface area contributed by atoms with Gasteiger partial charge in [0, 0.05) is 17.1 Å². The first-order valence-corrected chi connectivity index (χ1v) is 5.76. The third kappa shape index (κ3) is 2.18. The topological polar surface area (TPSA) is 48.0 Å². The predicted molar refractivity (Wildman–Crippen MR) is 69.8 cm³/mol. The molecule has 0 aliphatic rings. The van der Waals surface area contributed by atoms with Crippen molar-refractivity contribution in [3.63, 3.8) is 0 Å². The lowest BCUT2D eigenvalue weighted by Gasteiger charge is -2.17. The van der Waals surface area contributed by atoms with Gasteiger partial charge in [-0.05, 0) is 17.0 Å². The lowest BCUT2D eigenvalue weighted by atomic mass is 9.87. The van der Waals surface area contributed by atoms with Gasteiger partial charge >= 0.3 is 0 Å². The van der Waals surface area contributed by atoms with Crippen LogP contribution in [-0.4, -0.2) is 10.5 Å². The molecule has 1 aromatic heterocycles. The number of hydrogen-bond acceptors (Lipinski definition) is 1. The van der Waals surface area contributed by atoms with Crippen LogP contribution in [0.25, 0.3) is 10.9 Å². The number of primary amides is 1. The minimum Gasteiger partial charge on any atom is -0.368 e. The summed E-state index contributed by atoms with van der Waals surface area (Å²) in [5.41, 5.74) is 7.64. The van der Waals surface area contributed by atoms with E-state index in [2.05, 4.69) is 26.8 Å². The molecule has 90 valence electrons. The highest BCUT2D eigenvalue weighted by atomic mass is 16.1. The fourth-order valence-electron chi connectivity index (χ4n) is 2.14. The molecule has 0 fully saturated rings. The number of rotatable bonds is 2. The molecule has 1 amide bonds. The van der Waals surface area contributed by atoms with E-state index >= 15 is 0 Å². The summed E-state index contributed by atoms with van der Waals surface area (Å²) in [5.74, 6) is -0.314. The summed E-state index contributed by atoms with van der Waals surface area (Å²) in [7, 11) is 0. The van der Waals surface area contributed by atoms with Gasteiger partial charge < -0.3 is 10.3 Å². The zero-order chi connectivity index (χ0) is 12.6. The predicted octanol–water partition coefficient (Wildman–Crippen LogP) is 2.42. The van der Waals surface area contributed by atoms with Gasteiger partial charge in [0.1, 0.15) is 6.54 Å². The van der Waals surface area contributed by atoms with Gasteiger partial charge in [-0.1, -0.05) is 39.0 Å². The van der Waals surface area contributed by atoms with E-state index in [0.29, 0.717) is 0 Å². The summed E-state index contributed by atoms with van der Waals surface area (Å²) >= 11 is 0. The highest BCUT2D eigenvalue weighted by molar-refractivity contribution is 5.86. The van der Waals surface area contributed by atoms with E-state index in [1.54, 1.807) is 0 Å². The maximum Gasteiger partial charge on any atom is 0.237 e. The molecule has 0 spiro atoms. The number of carbonyl (C=O) groups excluding carboxylic acids is 1. The SMILES string of the molecule is CC(C)(C)c1cn(CC(N)=O)c2ccccc12. The van der Waals surface area contributed by atoms with Crippen molar-refractivity contribution < 1.29 is 4.79 Å². The smallest absolute Gasteiger partial charge is 0.237 e. The number of benzene rings is 1. The molecule has 0 aliphatic heterocycles. The number of nitrogens with two attached hydrogens (primary N) is 1. The van der Waals surface area contributed by atoms with E-state index in [4.69, 9.17) is 5.73 Å². The van der Waals surface area contributed by atoms with Crippen LogP contribution < -0.4 is 5.73 Å². The fourth-order valence-corrected chi connectivity index (χ4v) is 2.14. The van der Waals surface area contributed by atoms with Crippen molar-refractivity contribution >= 4 is 16.8 Å². The summed E-state index contributed by atoms with van der Waals surface area (Å²) in [6, 6.07) is 8.11. The molecule has 1 aromatic carbocycles. The number of hydrogen-bond donors (Lipinski definition) is 1. The minimum atomic E-state index is -0.314. The van der Waals surface area contributed by atoms with E-state index < -0.39 is 0 Å². The average Bonchev–Trinajstić information content (AvgIpc) is 2.56. The van der Waals surface area contributed by atoms with Crippen LogP contribution in [0.3, 0.4) is 0 Å². The molecule has 0 unspecified atom stereocenters. The molecule has 0 atom stereocenters. The molecular formula is C14H18N2O. The molecule has 2 aromatic rings. The molecule has 3 nitrogen and oxygen atoms in total. The maximum atomic E-state index is 11.1. The number of carbonyl (C=O) groups is 1. The minimum absolute atomic E-state index is 0.0580.